The van der Waals surface area contributed by atoms with Crippen LogP contribution in [0.25, 0.3) is 0 Å². The third-order valence-electron chi connectivity index (χ3n) is 1.94. The first-order valence-electron chi connectivity index (χ1n) is 4.56. The molecule has 0 unspecified atom stereocenters. The highest BCUT2D eigenvalue weighted by atomic mass is 16.3. The first kappa shape index (κ1) is 9.86. The number of para-hydroxylation sites is 2. The molecule has 0 saturated heterocycles. The molecule has 3 heteroatoms. The van der Waals surface area contributed by atoms with Gasteiger partial charge in [0.05, 0.1) is 5.69 Å². The van der Waals surface area contributed by atoms with E-state index >= 15 is 0 Å². The Hall–Kier alpha value is -1.22. The van der Waals surface area contributed by atoms with Crippen LogP contribution in [-0.4, -0.2) is 11.7 Å². The number of nitrogens with two attached hydrogens (primary N) is 1. The Kier molecular flexibility index (Phi) is 3.58. The highest BCUT2D eigenvalue weighted by Crippen LogP contribution is 2.24. The molecule has 72 valence electrons. The number of hydrogen-bond donors (Lipinski definition) is 2. The summed E-state index contributed by atoms with van der Waals surface area (Å²) in [7, 11) is 0. The standard InChI is InChI=1S/C10H16N2O/c1-2-3-8-12(11)9-6-4-5-7-10(9)13/h4-7,13H,2-3,8,11H2,1H3. The Morgan fingerprint density at radius 1 is 1.38 bits per heavy atom. The SMILES string of the molecule is CCCCN(N)c1ccccc1O. The van der Waals surface area contributed by atoms with Crippen molar-refractivity contribution in [2.75, 3.05) is 11.6 Å². The van der Waals surface area contributed by atoms with Gasteiger partial charge < -0.3 is 10.1 Å². The van der Waals surface area contributed by atoms with Gasteiger partial charge in [-0.3, -0.25) is 0 Å². The van der Waals surface area contributed by atoms with E-state index in [2.05, 4.69) is 6.92 Å². The molecule has 3 nitrogen and oxygen atoms in total. The van der Waals surface area contributed by atoms with Crippen molar-refractivity contribution in [3.8, 4) is 5.75 Å². The van der Waals surface area contributed by atoms with E-state index in [4.69, 9.17) is 5.84 Å². The molecule has 0 atom stereocenters. The summed E-state index contributed by atoms with van der Waals surface area (Å²) in [4.78, 5) is 0. The van der Waals surface area contributed by atoms with Crippen LogP contribution < -0.4 is 10.9 Å². The van der Waals surface area contributed by atoms with Crippen LogP contribution in [0.15, 0.2) is 24.3 Å². The Morgan fingerprint density at radius 2 is 2.08 bits per heavy atom. The second kappa shape index (κ2) is 4.72. The van der Waals surface area contributed by atoms with Gasteiger partial charge >= 0.3 is 0 Å². The molecular weight excluding hydrogens is 164 g/mol. The van der Waals surface area contributed by atoms with Crippen LogP contribution in [0.4, 0.5) is 5.69 Å². The summed E-state index contributed by atoms with van der Waals surface area (Å²) in [5.74, 6) is 5.99. The number of unbranched alkanes of at least 4 members (excludes halogenated alkanes) is 1. The molecule has 0 bridgehead atoms. The molecule has 13 heavy (non-hydrogen) atoms. The van der Waals surface area contributed by atoms with Crippen LogP contribution in [0.3, 0.4) is 0 Å². The normalized spacial score (nSPS) is 10.0. The summed E-state index contributed by atoms with van der Waals surface area (Å²) in [6.45, 7) is 2.88. The zero-order valence-electron chi connectivity index (χ0n) is 7.90. The smallest absolute Gasteiger partial charge is 0.140 e. The van der Waals surface area contributed by atoms with Crippen LogP contribution in [0.2, 0.25) is 0 Å². The summed E-state index contributed by atoms with van der Waals surface area (Å²) in [5.41, 5.74) is 0.691. The summed E-state index contributed by atoms with van der Waals surface area (Å²) < 4.78 is 0. The molecule has 0 spiro atoms. The number of aromatic hydroxyl groups is 1. The first-order chi connectivity index (χ1) is 6.25. The Labute approximate surface area is 78.8 Å². The number of rotatable bonds is 4. The van der Waals surface area contributed by atoms with Crippen LogP contribution in [-0.2, 0) is 0 Å². The van der Waals surface area contributed by atoms with Crippen LogP contribution in [0, 0.1) is 0 Å². The van der Waals surface area contributed by atoms with E-state index in [1.165, 1.54) is 0 Å². The fraction of sp³-hybridized carbons (Fsp3) is 0.400. The lowest BCUT2D eigenvalue weighted by molar-refractivity contribution is 0.473. The second-order valence-electron chi connectivity index (χ2n) is 3.04. The molecule has 0 heterocycles. The van der Waals surface area contributed by atoms with Gasteiger partial charge in [0.25, 0.3) is 0 Å². The van der Waals surface area contributed by atoms with E-state index in [0.717, 1.165) is 19.4 Å². The topological polar surface area (TPSA) is 49.5 Å². The van der Waals surface area contributed by atoms with Crippen molar-refractivity contribution in [3.05, 3.63) is 24.3 Å². The monoisotopic (exact) mass is 180 g/mol. The van der Waals surface area contributed by atoms with Crippen molar-refractivity contribution < 1.29 is 5.11 Å². The van der Waals surface area contributed by atoms with Crippen molar-refractivity contribution in [3.63, 3.8) is 0 Å². The average Bonchev–Trinajstić information content (AvgIpc) is 2.15. The van der Waals surface area contributed by atoms with Crippen molar-refractivity contribution in [2.45, 2.75) is 19.8 Å². The Balaban J connectivity index is 2.65. The molecule has 0 amide bonds. The van der Waals surface area contributed by atoms with Crippen molar-refractivity contribution in [1.82, 2.24) is 0 Å². The minimum atomic E-state index is 0.237. The van der Waals surface area contributed by atoms with Gasteiger partial charge in [0.15, 0.2) is 0 Å². The average molecular weight is 180 g/mol. The molecular formula is C10H16N2O. The van der Waals surface area contributed by atoms with Crippen LogP contribution in [0.5, 0.6) is 5.75 Å². The van der Waals surface area contributed by atoms with E-state index in [9.17, 15) is 5.11 Å². The predicted octanol–water partition coefficient (Wildman–Crippen LogP) is 1.87. The number of hydrogen-bond acceptors (Lipinski definition) is 3. The first-order valence-corrected chi connectivity index (χ1v) is 4.56. The Morgan fingerprint density at radius 3 is 2.69 bits per heavy atom. The molecule has 1 aromatic carbocycles. The number of benzene rings is 1. The predicted molar refractivity (Wildman–Crippen MR) is 54.5 cm³/mol. The summed E-state index contributed by atoms with van der Waals surface area (Å²) in [6, 6.07) is 7.10. The van der Waals surface area contributed by atoms with Gasteiger partial charge in [0, 0.05) is 6.54 Å². The quantitative estimate of drug-likeness (QED) is 0.549. The number of phenolic OH excluding ortho intramolecular Hbond substituents is 1. The number of hydrazine groups is 1. The van der Waals surface area contributed by atoms with Gasteiger partial charge in [0.2, 0.25) is 0 Å². The van der Waals surface area contributed by atoms with Crippen molar-refractivity contribution >= 4 is 5.69 Å². The van der Waals surface area contributed by atoms with Gasteiger partial charge in [-0.05, 0) is 18.6 Å². The molecule has 0 aromatic heterocycles. The number of phenols is 1. The van der Waals surface area contributed by atoms with Gasteiger partial charge in [-0.15, -0.1) is 0 Å². The highest BCUT2D eigenvalue weighted by molar-refractivity contribution is 5.56. The molecule has 3 N–H and O–H groups in total. The highest BCUT2D eigenvalue weighted by Gasteiger charge is 2.04. The lowest BCUT2D eigenvalue weighted by atomic mass is 10.2. The molecule has 1 aromatic rings. The molecule has 0 saturated carbocycles. The van der Waals surface area contributed by atoms with Crippen molar-refractivity contribution in [1.29, 1.82) is 0 Å². The molecule has 0 aliphatic heterocycles. The van der Waals surface area contributed by atoms with E-state index in [1.807, 2.05) is 12.1 Å². The third kappa shape index (κ3) is 2.63. The largest absolute Gasteiger partial charge is 0.506 e. The van der Waals surface area contributed by atoms with Gasteiger partial charge in [-0.1, -0.05) is 25.5 Å². The molecule has 0 radical (unpaired) electrons. The number of anilines is 1. The van der Waals surface area contributed by atoms with E-state index in [-0.39, 0.29) is 5.75 Å². The lowest BCUT2D eigenvalue weighted by Crippen LogP contribution is -2.31. The second-order valence-corrected chi connectivity index (χ2v) is 3.04. The maximum Gasteiger partial charge on any atom is 0.140 e. The molecule has 1 rings (SSSR count). The maximum absolute atomic E-state index is 9.46. The summed E-state index contributed by atoms with van der Waals surface area (Å²) in [6.07, 6.45) is 2.13. The summed E-state index contributed by atoms with van der Waals surface area (Å²) in [5, 5.41) is 11.0. The minimum Gasteiger partial charge on any atom is -0.506 e. The van der Waals surface area contributed by atoms with Gasteiger partial charge in [-0.2, -0.15) is 0 Å². The minimum absolute atomic E-state index is 0.237. The summed E-state index contributed by atoms with van der Waals surface area (Å²) >= 11 is 0. The van der Waals surface area contributed by atoms with E-state index in [0.29, 0.717) is 5.69 Å². The third-order valence-corrected chi connectivity index (χ3v) is 1.94. The fourth-order valence-electron chi connectivity index (χ4n) is 1.16. The maximum atomic E-state index is 9.46. The zero-order chi connectivity index (χ0) is 9.68. The Bertz CT molecular complexity index is 263. The van der Waals surface area contributed by atoms with Crippen molar-refractivity contribution in [2.24, 2.45) is 5.84 Å². The molecule has 0 aliphatic rings. The number of nitrogens with zero attached hydrogens (tertiary/aromatic N) is 1. The zero-order valence-corrected chi connectivity index (χ0v) is 7.90. The van der Waals surface area contributed by atoms with E-state index < -0.39 is 0 Å². The van der Waals surface area contributed by atoms with E-state index in [1.54, 1.807) is 17.1 Å². The van der Waals surface area contributed by atoms with Crippen LogP contribution in [0.1, 0.15) is 19.8 Å². The van der Waals surface area contributed by atoms with Gasteiger partial charge in [0.1, 0.15) is 5.75 Å². The molecule has 0 fully saturated rings. The fourth-order valence-corrected chi connectivity index (χ4v) is 1.16. The molecule has 0 aliphatic carbocycles. The van der Waals surface area contributed by atoms with Crippen LogP contribution >= 0.6 is 0 Å². The lowest BCUT2D eigenvalue weighted by Gasteiger charge is -2.18. The van der Waals surface area contributed by atoms with Gasteiger partial charge in [-0.25, -0.2) is 5.84 Å².